The summed E-state index contributed by atoms with van der Waals surface area (Å²) in [7, 11) is 0. The highest BCUT2D eigenvalue weighted by Gasteiger charge is 2.01. The summed E-state index contributed by atoms with van der Waals surface area (Å²) >= 11 is 0. The molecule has 0 saturated carbocycles. The predicted molar refractivity (Wildman–Crippen MR) is 143 cm³/mol. The van der Waals surface area contributed by atoms with Gasteiger partial charge in [-0.15, -0.1) is 0 Å². The van der Waals surface area contributed by atoms with Crippen molar-refractivity contribution in [2.75, 3.05) is 6.54 Å². The van der Waals surface area contributed by atoms with Gasteiger partial charge in [0.15, 0.2) is 0 Å². The fraction of sp³-hybridized carbons (Fsp3) is 0.667. The monoisotopic (exact) mass is 427 g/mol. The highest BCUT2D eigenvalue weighted by Crippen LogP contribution is 2.18. The molecule has 1 nitrogen and oxygen atoms in total. The van der Waals surface area contributed by atoms with Gasteiger partial charge < -0.3 is 5.32 Å². The number of allylic oxidation sites excluding steroid dienone is 7. The molecule has 31 heavy (non-hydrogen) atoms. The van der Waals surface area contributed by atoms with Gasteiger partial charge in [0.1, 0.15) is 0 Å². The average Bonchev–Trinajstić information content (AvgIpc) is 2.68. The second-order valence-electron chi connectivity index (χ2n) is 9.85. The van der Waals surface area contributed by atoms with Crippen molar-refractivity contribution < 1.29 is 0 Å². The summed E-state index contributed by atoms with van der Waals surface area (Å²) in [4.78, 5) is 0. The van der Waals surface area contributed by atoms with Crippen LogP contribution in [0, 0.1) is 5.92 Å². The van der Waals surface area contributed by atoms with Crippen LogP contribution in [0.15, 0.2) is 59.4 Å². The standard InChI is InChI=1S/C30H53N/c1-26(2)23-24-31-30(7)22-18-14-13-16-20-28(5)19-15-11-9-8-10-12-17-21-29(6)25-27(3)4/h18,21-23,25,28,31H,7-17,19-20,24H2,1-6H3/b22-18?,29-21+. The van der Waals surface area contributed by atoms with Gasteiger partial charge in [0.25, 0.3) is 0 Å². The molecule has 1 heteroatoms. The van der Waals surface area contributed by atoms with Crippen molar-refractivity contribution in [2.24, 2.45) is 5.92 Å². The van der Waals surface area contributed by atoms with E-state index >= 15 is 0 Å². The zero-order valence-electron chi connectivity index (χ0n) is 21.9. The first kappa shape index (κ1) is 29.5. The molecule has 0 bridgehead atoms. The molecule has 0 radical (unpaired) electrons. The second kappa shape index (κ2) is 20.4. The number of rotatable bonds is 19. The minimum atomic E-state index is 0.872. The molecule has 0 aliphatic rings. The highest BCUT2D eigenvalue weighted by atomic mass is 14.9. The Balaban J connectivity index is 3.52. The first-order chi connectivity index (χ1) is 14.8. The molecule has 0 rings (SSSR count). The van der Waals surface area contributed by atoms with Gasteiger partial charge in [0.05, 0.1) is 0 Å². The molecule has 0 aromatic carbocycles. The topological polar surface area (TPSA) is 12.0 Å². The van der Waals surface area contributed by atoms with Gasteiger partial charge in [0.2, 0.25) is 0 Å². The summed E-state index contributed by atoms with van der Waals surface area (Å²) in [5, 5.41) is 3.32. The van der Waals surface area contributed by atoms with E-state index in [-0.39, 0.29) is 0 Å². The molecule has 1 atom stereocenters. The minimum absolute atomic E-state index is 0.872. The lowest BCUT2D eigenvalue weighted by Gasteiger charge is -2.10. The van der Waals surface area contributed by atoms with Crippen LogP contribution in [0.3, 0.4) is 0 Å². The Kier molecular flexibility index (Phi) is 19.4. The molecule has 0 aromatic heterocycles. The molecule has 0 heterocycles. The quantitative estimate of drug-likeness (QED) is 0.123. The van der Waals surface area contributed by atoms with Gasteiger partial charge in [-0.2, -0.15) is 0 Å². The van der Waals surface area contributed by atoms with Gasteiger partial charge in [-0.25, -0.2) is 0 Å². The first-order valence-electron chi connectivity index (χ1n) is 12.9. The molecule has 0 saturated heterocycles. The van der Waals surface area contributed by atoms with Gasteiger partial charge in [-0.1, -0.05) is 106 Å². The molecule has 1 N–H and O–H groups in total. The van der Waals surface area contributed by atoms with Crippen LogP contribution in [0.4, 0.5) is 0 Å². The van der Waals surface area contributed by atoms with E-state index in [4.69, 9.17) is 0 Å². The molecule has 0 aliphatic heterocycles. The Labute approximate surface area is 195 Å². The Bertz CT molecular complexity index is 565. The zero-order valence-corrected chi connectivity index (χ0v) is 21.9. The Hall–Kier alpha value is -1.50. The summed E-state index contributed by atoms with van der Waals surface area (Å²) in [6.07, 6.45) is 27.5. The van der Waals surface area contributed by atoms with Crippen LogP contribution < -0.4 is 5.32 Å². The van der Waals surface area contributed by atoms with Crippen LogP contribution in [0.2, 0.25) is 0 Å². The maximum atomic E-state index is 4.05. The molecule has 0 spiro atoms. The molecule has 0 fully saturated rings. The van der Waals surface area contributed by atoms with E-state index in [0.717, 1.165) is 18.2 Å². The second-order valence-corrected chi connectivity index (χ2v) is 9.85. The first-order valence-corrected chi connectivity index (χ1v) is 12.9. The van der Waals surface area contributed by atoms with E-state index in [1.165, 1.54) is 93.8 Å². The molecule has 0 aliphatic carbocycles. The molecule has 1 unspecified atom stereocenters. The largest absolute Gasteiger partial charge is 0.382 e. The molecule has 0 amide bonds. The lowest BCUT2D eigenvalue weighted by Crippen LogP contribution is -2.10. The van der Waals surface area contributed by atoms with Crippen LogP contribution >= 0.6 is 0 Å². The van der Waals surface area contributed by atoms with Gasteiger partial charge >= 0.3 is 0 Å². The van der Waals surface area contributed by atoms with E-state index in [0.29, 0.717) is 0 Å². The van der Waals surface area contributed by atoms with Crippen LogP contribution in [0.1, 0.15) is 119 Å². The van der Waals surface area contributed by atoms with Gasteiger partial charge in [0, 0.05) is 12.2 Å². The van der Waals surface area contributed by atoms with Crippen molar-refractivity contribution in [3.05, 3.63) is 59.4 Å². The molecule has 178 valence electrons. The van der Waals surface area contributed by atoms with Crippen LogP contribution in [0.5, 0.6) is 0 Å². The number of hydrogen-bond donors (Lipinski definition) is 1. The normalized spacial score (nSPS) is 12.6. The van der Waals surface area contributed by atoms with Crippen molar-refractivity contribution in [2.45, 2.75) is 119 Å². The fourth-order valence-corrected chi connectivity index (χ4v) is 3.76. The van der Waals surface area contributed by atoms with E-state index in [1.807, 2.05) is 0 Å². The number of hydrogen-bond acceptors (Lipinski definition) is 1. The summed E-state index contributed by atoms with van der Waals surface area (Å²) in [5.74, 6) is 0.882. The molecule has 0 aromatic rings. The van der Waals surface area contributed by atoms with Crippen molar-refractivity contribution in [3.63, 3.8) is 0 Å². The highest BCUT2D eigenvalue weighted by molar-refractivity contribution is 5.19. The smallest absolute Gasteiger partial charge is 0.0333 e. The Morgan fingerprint density at radius 3 is 1.97 bits per heavy atom. The molecular weight excluding hydrogens is 374 g/mol. The van der Waals surface area contributed by atoms with E-state index in [1.54, 1.807) is 0 Å². The Morgan fingerprint density at radius 2 is 1.32 bits per heavy atom. The predicted octanol–water partition coefficient (Wildman–Crippen LogP) is 9.84. The maximum absolute atomic E-state index is 4.05. The fourth-order valence-electron chi connectivity index (χ4n) is 3.76. The lowest BCUT2D eigenvalue weighted by atomic mass is 9.96. The third-order valence-electron chi connectivity index (χ3n) is 5.61. The third-order valence-corrected chi connectivity index (χ3v) is 5.61. The van der Waals surface area contributed by atoms with Crippen LogP contribution in [0.25, 0.3) is 0 Å². The summed E-state index contributed by atoms with van der Waals surface area (Å²) in [6, 6.07) is 0. The van der Waals surface area contributed by atoms with Crippen LogP contribution in [-0.2, 0) is 0 Å². The van der Waals surface area contributed by atoms with Crippen LogP contribution in [-0.4, -0.2) is 6.54 Å². The molecular formula is C30H53N. The van der Waals surface area contributed by atoms with E-state index in [2.05, 4.69) is 83.8 Å². The maximum Gasteiger partial charge on any atom is 0.0333 e. The Morgan fingerprint density at radius 1 is 0.742 bits per heavy atom. The third kappa shape index (κ3) is 23.0. The van der Waals surface area contributed by atoms with Gasteiger partial charge in [-0.05, 0) is 72.3 Å². The van der Waals surface area contributed by atoms with Crippen molar-refractivity contribution in [1.29, 1.82) is 0 Å². The van der Waals surface area contributed by atoms with Gasteiger partial charge in [-0.3, -0.25) is 0 Å². The summed E-state index contributed by atoms with van der Waals surface area (Å²) in [5.41, 5.74) is 5.17. The van der Waals surface area contributed by atoms with Crippen molar-refractivity contribution >= 4 is 0 Å². The summed E-state index contributed by atoms with van der Waals surface area (Å²) in [6.45, 7) is 18.2. The van der Waals surface area contributed by atoms with Crippen molar-refractivity contribution in [1.82, 2.24) is 5.32 Å². The van der Waals surface area contributed by atoms with E-state index < -0.39 is 0 Å². The van der Waals surface area contributed by atoms with Crippen molar-refractivity contribution in [3.8, 4) is 0 Å². The zero-order chi connectivity index (χ0) is 23.3. The number of nitrogens with one attached hydrogen (secondary N) is 1. The van der Waals surface area contributed by atoms with E-state index in [9.17, 15) is 0 Å². The number of unbranched alkanes of at least 4 members (excludes halogenated alkanes) is 8. The SMILES string of the molecule is C=C(C=CCCCCC(C)CCCCCCCC/C=C(\C)C=C(C)C)NCC=C(C)C. The lowest BCUT2D eigenvalue weighted by molar-refractivity contribution is 0.438. The average molecular weight is 428 g/mol. The minimum Gasteiger partial charge on any atom is -0.382 e. The summed E-state index contributed by atoms with van der Waals surface area (Å²) < 4.78 is 0.